The molecule has 0 radical (unpaired) electrons. The Hall–Kier alpha value is -1.88. The molecule has 0 bridgehead atoms. The van der Waals surface area contributed by atoms with Gasteiger partial charge < -0.3 is 15.3 Å². The summed E-state index contributed by atoms with van der Waals surface area (Å²) in [5.74, 6) is -0.198. The van der Waals surface area contributed by atoms with Gasteiger partial charge in [0.2, 0.25) is 11.8 Å². The van der Waals surface area contributed by atoms with Crippen molar-refractivity contribution < 1.29 is 14.7 Å². The summed E-state index contributed by atoms with van der Waals surface area (Å²) in [5, 5.41) is 12.4. The summed E-state index contributed by atoms with van der Waals surface area (Å²) in [7, 11) is 1.64. The second-order valence-electron chi connectivity index (χ2n) is 5.82. The highest BCUT2D eigenvalue weighted by Gasteiger charge is 2.19. The number of hydrogen-bond donors (Lipinski definition) is 2. The lowest BCUT2D eigenvalue weighted by atomic mass is 10.1. The summed E-state index contributed by atoms with van der Waals surface area (Å²) in [5.41, 5.74) is 0.0292. The SMILES string of the molecule is CN(CC(C)(C)O)C(=O)CCNC(=O)Cc1ccccc1. The zero-order valence-corrected chi connectivity index (χ0v) is 12.9. The molecule has 0 aliphatic heterocycles. The highest BCUT2D eigenvalue weighted by molar-refractivity contribution is 5.80. The molecule has 0 saturated carbocycles. The minimum atomic E-state index is -0.916. The average molecular weight is 292 g/mol. The first-order valence-electron chi connectivity index (χ1n) is 7.05. The molecule has 0 spiro atoms. The van der Waals surface area contributed by atoms with Gasteiger partial charge >= 0.3 is 0 Å². The van der Waals surface area contributed by atoms with Crippen LogP contribution in [0.1, 0.15) is 25.8 Å². The van der Waals surface area contributed by atoms with E-state index in [9.17, 15) is 14.7 Å². The van der Waals surface area contributed by atoms with Crippen LogP contribution < -0.4 is 5.32 Å². The van der Waals surface area contributed by atoms with Crippen LogP contribution in [-0.4, -0.2) is 47.6 Å². The van der Waals surface area contributed by atoms with Crippen molar-refractivity contribution in [1.82, 2.24) is 10.2 Å². The zero-order chi connectivity index (χ0) is 15.9. The topological polar surface area (TPSA) is 69.6 Å². The molecule has 0 aliphatic rings. The number of amides is 2. The Morgan fingerprint density at radius 1 is 1.24 bits per heavy atom. The third-order valence-corrected chi connectivity index (χ3v) is 2.92. The first-order chi connectivity index (χ1) is 9.78. The van der Waals surface area contributed by atoms with Crippen LogP contribution in [-0.2, 0) is 16.0 Å². The van der Waals surface area contributed by atoms with Gasteiger partial charge in [-0.3, -0.25) is 9.59 Å². The molecule has 1 rings (SSSR count). The average Bonchev–Trinajstić information content (AvgIpc) is 2.37. The Morgan fingerprint density at radius 2 is 1.86 bits per heavy atom. The number of aliphatic hydroxyl groups is 1. The van der Waals surface area contributed by atoms with Crippen LogP contribution in [0, 0.1) is 0 Å². The molecule has 0 unspecified atom stereocenters. The number of rotatable bonds is 7. The zero-order valence-electron chi connectivity index (χ0n) is 12.9. The third kappa shape index (κ3) is 7.46. The van der Waals surface area contributed by atoms with E-state index in [1.807, 2.05) is 30.3 Å². The van der Waals surface area contributed by atoms with E-state index in [2.05, 4.69) is 5.32 Å². The lowest BCUT2D eigenvalue weighted by molar-refractivity contribution is -0.132. The van der Waals surface area contributed by atoms with Gasteiger partial charge in [-0.15, -0.1) is 0 Å². The number of carbonyl (C=O) groups is 2. The summed E-state index contributed by atoms with van der Waals surface area (Å²) in [6.07, 6.45) is 0.543. The van der Waals surface area contributed by atoms with Crippen molar-refractivity contribution in [1.29, 1.82) is 0 Å². The lowest BCUT2D eigenvalue weighted by Crippen LogP contribution is -2.41. The van der Waals surface area contributed by atoms with Crippen molar-refractivity contribution in [2.45, 2.75) is 32.3 Å². The molecule has 116 valence electrons. The van der Waals surface area contributed by atoms with E-state index in [1.54, 1.807) is 20.9 Å². The van der Waals surface area contributed by atoms with Crippen LogP contribution in [0.3, 0.4) is 0 Å². The molecule has 1 aromatic carbocycles. The van der Waals surface area contributed by atoms with Crippen molar-refractivity contribution in [2.24, 2.45) is 0 Å². The number of carbonyl (C=O) groups excluding carboxylic acids is 2. The predicted octanol–water partition coefficient (Wildman–Crippen LogP) is 0.965. The van der Waals surface area contributed by atoms with E-state index in [-0.39, 0.29) is 24.8 Å². The number of hydrogen-bond acceptors (Lipinski definition) is 3. The van der Waals surface area contributed by atoms with Gasteiger partial charge in [0.15, 0.2) is 0 Å². The van der Waals surface area contributed by atoms with Crippen LogP contribution in [0.15, 0.2) is 30.3 Å². The van der Waals surface area contributed by atoms with Gasteiger partial charge in [-0.1, -0.05) is 30.3 Å². The van der Waals surface area contributed by atoms with Crippen molar-refractivity contribution in [2.75, 3.05) is 20.1 Å². The molecule has 0 atom stereocenters. The number of nitrogens with one attached hydrogen (secondary N) is 1. The van der Waals surface area contributed by atoms with Crippen LogP contribution >= 0.6 is 0 Å². The van der Waals surface area contributed by atoms with Gasteiger partial charge in [0, 0.05) is 26.6 Å². The summed E-state index contributed by atoms with van der Waals surface area (Å²) >= 11 is 0. The fourth-order valence-electron chi connectivity index (χ4n) is 2.01. The fourth-order valence-corrected chi connectivity index (χ4v) is 2.01. The third-order valence-electron chi connectivity index (χ3n) is 2.92. The Labute approximate surface area is 126 Å². The number of nitrogens with zero attached hydrogens (tertiary/aromatic N) is 1. The van der Waals surface area contributed by atoms with Crippen molar-refractivity contribution in [3.05, 3.63) is 35.9 Å². The Bertz CT molecular complexity index is 466. The maximum Gasteiger partial charge on any atom is 0.224 e. The number of likely N-dealkylation sites (N-methyl/N-ethyl adjacent to an activating group) is 1. The molecule has 0 fully saturated rings. The Morgan fingerprint density at radius 3 is 2.43 bits per heavy atom. The Kier molecular flexibility index (Phi) is 6.37. The molecule has 0 saturated heterocycles. The molecule has 2 amide bonds. The van der Waals surface area contributed by atoms with Crippen molar-refractivity contribution in [3.8, 4) is 0 Å². The van der Waals surface area contributed by atoms with Crippen molar-refractivity contribution in [3.63, 3.8) is 0 Å². The predicted molar refractivity (Wildman–Crippen MR) is 81.7 cm³/mol. The second kappa shape index (κ2) is 7.78. The Balaban J connectivity index is 2.27. The smallest absolute Gasteiger partial charge is 0.224 e. The van der Waals surface area contributed by atoms with E-state index in [4.69, 9.17) is 0 Å². The molecule has 5 nitrogen and oxygen atoms in total. The lowest BCUT2D eigenvalue weighted by Gasteiger charge is -2.25. The van der Waals surface area contributed by atoms with E-state index in [1.165, 1.54) is 4.90 Å². The maximum atomic E-state index is 11.8. The van der Waals surface area contributed by atoms with Gasteiger partial charge in [-0.25, -0.2) is 0 Å². The minimum absolute atomic E-state index is 0.0980. The van der Waals surface area contributed by atoms with Gasteiger partial charge in [0.25, 0.3) is 0 Å². The molecule has 0 aromatic heterocycles. The normalized spacial score (nSPS) is 11.0. The van der Waals surface area contributed by atoms with Gasteiger partial charge in [0.1, 0.15) is 0 Å². The molecule has 0 heterocycles. The minimum Gasteiger partial charge on any atom is -0.389 e. The van der Waals surface area contributed by atoms with Crippen LogP contribution in [0.5, 0.6) is 0 Å². The van der Waals surface area contributed by atoms with Gasteiger partial charge in [0.05, 0.1) is 12.0 Å². The molecular weight excluding hydrogens is 268 g/mol. The van der Waals surface area contributed by atoms with Gasteiger partial charge in [-0.05, 0) is 19.4 Å². The molecule has 1 aromatic rings. The number of benzene rings is 1. The molecule has 2 N–H and O–H groups in total. The molecule has 0 aliphatic carbocycles. The van der Waals surface area contributed by atoms with Gasteiger partial charge in [-0.2, -0.15) is 0 Å². The standard InChI is InChI=1S/C16H24N2O3/c1-16(2,21)12-18(3)15(20)9-10-17-14(19)11-13-7-5-4-6-8-13/h4-8,21H,9-12H2,1-3H3,(H,17,19). The quantitative estimate of drug-likeness (QED) is 0.786. The molecule has 21 heavy (non-hydrogen) atoms. The maximum absolute atomic E-state index is 11.8. The fraction of sp³-hybridized carbons (Fsp3) is 0.500. The van der Waals surface area contributed by atoms with Crippen molar-refractivity contribution >= 4 is 11.8 Å². The highest BCUT2D eigenvalue weighted by atomic mass is 16.3. The van der Waals surface area contributed by atoms with E-state index in [0.29, 0.717) is 13.0 Å². The van der Waals surface area contributed by atoms with E-state index in [0.717, 1.165) is 5.56 Å². The highest BCUT2D eigenvalue weighted by Crippen LogP contribution is 2.04. The summed E-state index contributed by atoms with van der Waals surface area (Å²) in [6, 6.07) is 9.46. The van der Waals surface area contributed by atoms with Crippen LogP contribution in [0.4, 0.5) is 0 Å². The monoisotopic (exact) mass is 292 g/mol. The van der Waals surface area contributed by atoms with E-state index >= 15 is 0 Å². The van der Waals surface area contributed by atoms with E-state index < -0.39 is 5.60 Å². The largest absolute Gasteiger partial charge is 0.389 e. The first-order valence-corrected chi connectivity index (χ1v) is 7.05. The first kappa shape index (κ1) is 17.2. The molecular formula is C16H24N2O3. The summed E-state index contributed by atoms with van der Waals surface area (Å²) in [4.78, 5) is 25.0. The van der Waals surface area contributed by atoms with Crippen LogP contribution in [0.25, 0.3) is 0 Å². The summed E-state index contributed by atoms with van der Waals surface area (Å²) < 4.78 is 0. The van der Waals surface area contributed by atoms with Crippen LogP contribution in [0.2, 0.25) is 0 Å². The second-order valence-corrected chi connectivity index (χ2v) is 5.82. The molecule has 5 heteroatoms. The summed E-state index contributed by atoms with van der Waals surface area (Å²) in [6.45, 7) is 3.88.